The predicted molar refractivity (Wildman–Crippen MR) is 58.7 cm³/mol. The topological polar surface area (TPSA) is 75.0 Å². The first-order valence-corrected chi connectivity index (χ1v) is 4.96. The van der Waals surface area contributed by atoms with E-state index in [1.54, 1.807) is 26.0 Å². The van der Waals surface area contributed by atoms with Crippen LogP contribution in [0.15, 0.2) is 18.3 Å². The van der Waals surface area contributed by atoms with Crippen LogP contribution in [0.5, 0.6) is 0 Å². The number of aromatic nitrogens is 1. The normalized spacial score (nSPS) is 11.3. The Hall–Kier alpha value is -2.09. The summed E-state index contributed by atoms with van der Waals surface area (Å²) in [5.74, 6) is -0.313. The Morgan fingerprint density at radius 2 is 2.44 bits per heavy atom. The third kappa shape index (κ3) is 3.24. The van der Waals surface area contributed by atoms with Gasteiger partial charge in [-0.2, -0.15) is 5.26 Å². The van der Waals surface area contributed by atoms with E-state index in [4.69, 9.17) is 10.00 Å². The average molecular weight is 219 g/mol. The Labute approximate surface area is 94.1 Å². The molecule has 0 aromatic carbocycles. The molecule has 1 aromatic heterocycles. The molecule has 5 nitrogen and oxygen atoms in total. The van der Waals surface area contributed by atoms with Gasteiger partial charge >= 0.3 is 5.97 Å². The van der Waals surface area contributed by atoms with Gasteiger partial charge in [0.05, 0.1) is 18.5 Å². The lowest BCUT2D eigenvalue weighted by atomic mass is 10.3. The molecule has 1 unspecified atom stereocenters. The number of carbonyl (C=O) groups excluding carboxylic acids is 1. The molecule has 0 spiro atoms. The second kappa shape index (κ2) is 5.71. The summed E-state index contributed by atoms with van der Waals surface area (Å²) in [7, 11) is 0. The zero-order valence-corrected chi connectivity index (χ0v) is 9.23. The predicted octanol–water partition coefficient (Wildman–Crippen LogP) is 1.32. The van der Waals surface area contributed by atoms with Gasteiger partial charge in [0.1, 0.15) is 17.8 Å². The van der Waals surface area contributed by atoms with Gasteiger partial charge in [-0.15, -0.1) is 0 Å². The van der Waals surface area contributed by atoms with E-state index in [2.05, 4.69) is 10.3 Å². The summed E-state index contributed by atoms with van der Waals surface area (Å²) in [6, 6.07) is 4.76. The Morgan fingerprint density at radius 3 is 2.94 bits per heavy atom. The molecule has 1 N–H and O–H groups in total. The van der Waals surface area contributed by atoms with E-state index >= 15 is 0 Å². The monoisotopic (exact) mass is 219 g/mol. The van der Waals surface area contributed by atoms with Gasteiger partial charge in [0, 0.05) is 0 Å². The van der Waals surface area contributed by atoms with Crippen LogP contribution in [0.3, 0.4) is 0 Å². The van der Waals surface area contributed by atoms with E-state index in [0.29, 0.717) is 18.0 Å². The Kier molecular flexibility index (Phi) is 4.28. The molecule has 16 heavy (non-hydrogen) atoms. The van der Waals surface area contributed by atoms with E-state index in [1.165, 1.54) is 6.20 Å². The number of esters is 1. The van der Waals surface area contributed by atoms with Gasteiger partial charge in [-0.3, -0.25) is 0 Å². The molecule has 1 rings (SSSR count). The molecule has 0 amide bonds. The zero-order chi connectivity index (χ0) is 12.0. The van der Waals surface area contributed by atoms with Gasteiger partial charge in [-0.25, -0.2) is 9.78 Å². The van der Waals surface area contributed by atoms with Crippen molar-refractivity contribution < 1.29 is 9.53 Å². The molecule has 1 heterocycles. The molecule has 0 aliphatic carbocycles. The van der Waals surface area contributed by atoms with Crippen LogP contribution in [-0.2, 0) is 9.53 Å². The van der Waals surface area contributed by atoms with Crippen LogP contribution in [0.2, 0.25) is 0 Å². The fourth-order valence-electron chi connectivity index (χ4n) is 1.12. The molecule has 1 aromatic rings. The van der Waals surface area contributed by atoms with Crippen molar-refractivity contribution >= 4 is 11.7 Å². The summed E-state index contributed by atoms with van der Waals surface area (Å²) in [6.07, 6.45) is 1.51. The summed E-state index contributed by atoms with van der Waals surface area (Å²) in [6.45, 7) is 3.82. The second-order valence-corrected chi connectivity index (χ2v) is 3.16. The highest BCUT2D eigenvalue weighted by molar-refractivity contribution is 5.78. The first kappa shape index (κ1) is 12.0. The van der Waals surface area contributed by atoms with Crippen LogP contribution in [0.1, 0.15) is 19.5 Å². The van der Waals surface area contributed by atoms with Gasteiger partial charge in [0.15, 0.2) is 0 Å². The summed E-state index contributed by atoms with van der Waals surface area (Å²) in [5, 5.41) is 11.5. The van der Waals surface area contributed by atoms with Crippen LogP contribution in [0.25, 0.3) is 0 Å². The molecule has 0 aliphatic heterocycles. The number of hydrogen-bond acceptors (Lipinski definition) is 5. The fraction of sp³-hybridized carbons (Fsp3) is 0.364. The molecule has 0 aliphatic rings. The van der Waals surface area contributed by atoms with Crippen LogP contribution < -0.4 is 5.32 Å². The minimum atomic E-state index is -0.435. The Balaban J connectivity index is 2.59. The van der Waals surface area contributed by atoms with Crippen molar-refractivity contribution in [3.63, 3.8) is 0 Å². The fourth-order valence-corrected chi connectivity index (χ4v) is 1.12. The maximum absolute atomic E-state index is 11.3. The van der Waals surface area contributed by atoms with E-state index in [0.717, 1.165) is 0 Å². The highest BCUT2D eigenvalue weighted by atomic mass is 16.5. The minimum absolute atomic E-state index is 0.313. The van der Waals surface area contributed by atoms with Gasteiger partial charge in [-0.05, 0) is 26.0 Å². The van der Waals surface area contributed by atoms with Crippen molar-refractivity contribution in [1.29, 1.82) is 5.26 Å². The number of hydrogen-bond donors (Lipinski definition) is 1. The molecule has 1 atom stereocenters. The molecule has 0 saturated carbocycles. The lowest BCUT2D eigenvalue weighted by molar-refractivity contribution is -0.143. The van der Waals surface area contributed by atoms with Crippen molar-refractivity contribution in [3.8, 4) is 6.07 Å². The van der Waals surface area contributed by atoms with Crippen LogP contribution in [-0.4, -0.2) is 23.6 Å². The highest BCUT2D eigenvalue weighted by Gasteiger charge is 2.13. The lowest BCUT2D eigenvalue weighted by Crippen LogP contribution is -2.28. The number of nitriles is 1. The Bertz CT molecular complexity index is 395. The number of anilines is 1. The molecule has 84 valence electrons. The van der Waals surface area contributed by atoms with E-state index < -0.39 is 6.04 Å². The van der Waals surface area contributed by atoms with E-state index in [-0.39, 0.29) is 5.97 Å². The summed E-state index contributed by atoms with van der Waals surface area (Å²) in [4.78, 5) is 15.2. The van der Waals surface area contributed by atoms with E-state index in [1.807, 2.05) is 6.07 Å². The summed E-state index contributed by atoms with van der Waals surface area (Å²) >= 11 is 0. The number of rotatable bonds is 4. The number of carbonyl (C=O) groups is 1. The molecule has 0 bridgehead atoms. The van der Waals surface area contributed by atoms with Gasteiger partial charge < -0.3 is 10.1 Å². The molecule has 5 heteroatoms. The molecule has 0 fully saturated rings. The van der Waals surface area contributed by atoms with Crippen molar-refractivity contribution in [1.82, 2.24) is 4.98 Å². The average Bonchev–Trinajstić information content (AvgIpc) is 2.30. The molecule has 0 radical (unpaired) electrons. The van der Waals surface area contributed by atoms with Gasteiger partial charge in [0.2, 0.25) is 0 Å². The van der Waals surface area contributed by atoms with Gasteiger partial charge in [0.25, 0.3) is 0 Å². The summed E-state index contributed by atoms with van der Waals surface area (Å²) < 4.78 is 4.85. The summed E-state index contributed by atoms with van der Waals surface area (Å²) in [5.41, 5.74) is 1.02. The Morgan fingerprint density at radius 1 is 1.69 bits per heavy atom. The number of nitrogens with one attached hydrogen (secondary N) is 1. The number of pyridine rings is 1. The first-order chi connectivity index (χ1) is 7.67. The highest BCUT2D eigenvalue weighted by Crippen LogP contribution is 2.07. The lowest BCUT2D eigenvalue weighted by Gasteiger charge is -2.13. The SMILES string of the molecule is CCOC(=O)C(C)Nc1ccc(C#N)nc1. The van der Waals surface area contributed by atoms with Crippen molar-refractivity contribution in [2.24, 2.45) is 0 Å². The zero-order valence-electron chi connectivity index (χ0n) is 9.23. The minimum Gasteiger partial charge on any atom is -0.464 e. The van der Waals surface area contributed by atoms with E-state index in [9.17, 15) is 4.79 Å². The quantitative estimate of drug-likeness (QED) is 0.773. The number of ether oxygens (including phenoxy) is 1. The number of nitrogens with zero attached hydrogens (tertiary/aromatic N) is 2. The standard InChI is InChI=1S/C11H13N3O2/c1-3-16-11(15)8(2)14-10-5-4-9(6-12)13-7-10/h4-5,7-8,14H,3H2,1-2H3. The van der Waals surface area contributed by atoms with Crippen LogP contribution in [0, 0.1) is 11.3 Å². The molecule has 0 saturated heterocycles. The third-order valence-electron chi connectivity index (χ3n) is 1.90. The smallest absolute Gasteiger partial charge is 0.328 e. The van der Waals surface area contributed by atoms with Crippen molar-refractivity contribution in [2.75, 3.05) is 11.9 Å². The second-order valence-electron chi connectivity index (χ2n) is 3.16. The molecular formula is C11H13N3O2. The van der Waals surface area contributed by atoms with Crippen LogP contribution >= 0.6 is 0 Å². The van der Waals surface area contributed by atoms with Crippen LogP contribution in [0.4, 0.5) is 5.69 Å². The van der Waals surface area contributed by atoms with Gasteiger partial charge in [-0.1, -0.05) is 0 Å². The van der Waals surface area contributed by atoms with Crippen molar-refractivity contribution in [2.45, 2.75) is 19.9 Å². The maximum atomic E-state index is 11.3. The molecular weight excluding hydrogens is 206 g/mol. The first-order valence-electron chi connectivity index (χ1n) is 4.96. The third-order valence-corrected chi connectivity index (χ3v) is 1.90. The van der Waals surface area contributed by atoms with Crippen molar-refractivity contribution in [3.05, 3.63) is 24.0 Å². The maximum Gasteiger partial charge on any atom is 0.328 e. The largest absolute Gasteiger partial charge is 0.464 e.